The fourth-order valence-corrected chi connectivity index (χ4v) is 2.35. The summed E-state index contributed by atoms with van der Waals surface area (Å²) in [5.41, 5.74) is 6.80. The lowest BCUT2D eigenvalue weighted by Gasteiger charge is -2.27. The number of rotatable bonds is 5. The molecule has 0 aliphatic heterocycles. The molecule has 1 rings (SSSR count). The molecule has 0 aromatic heterocycles. The Morgan fingerprint density at radius 2 is 1.67 bits per heavy atom. The quantitative estimate of drug-likeness (QED) is 0.766. The van der Waals surface area contributed by atoms with E-state index in [9.17, 15) is 14.4 Å². The second-order valence-corrected chi connectivity index (χ2v) is 8.49. The predicted octanol–water partition coefficient (Wildman–Crippen LogP) is 2.79. The second kappa shape index (κ2) is 8.41. The summed E-state index contributed by atoms with van der Waals surface area (Å²) in [6.45, 7) is 13.6. The molecule has 0 aliphatic rings. The number of esters is 1. The van der Waals surface area contributed by atoms with Crippen molar-refractivity contribution in [2.45, 2.75) is 65.4 Å². The Labute approximate surface area is 160 Å². The Kier molecular flexibility index (Phi) is 7.00. The summed E-state index contributed by atoms with van der Waals surface area (Å²) >= 11 is 0. The maximum atomic E-state index is 12.0. The van der Waals surface area contributed by atoms with Crippen LogP contribution in [0.25, 0.3) is 0 Å². The smallest absolute Gasteiger partial charge is 0.344 e. The number of ether oxygens (including phenoxy) is 2. The van der Waals surface area contributed by atoms with Crippen LogP contribution in [0.5, 0.6) is 5.75 Å². The standard InChI is InChI=1S/C20H30N2O5/c1-12(17(24)22-18(21)25)27-16(23)11-26-15-9-8-13(19(2,3)4)10-14(15)20(5,6)7/h8-10,12H,11H2,1-7H3,(H3,21,22,24,25)/t12-/m1/s1. The van der Waals surface area contributed by atoms with Crippen LogP contribution in [0, 0.1) is 0 Å². The molecule has 0 aliphatic carbocycles. The Morgan fingerprint density at radius 1 is 1.07 bits per heavy atom. The van der Waals surface area contributed by atoms with Gasteiger partial charge in [0.1, 0.15) is 5.75 Å². The maximum absolute atomic E-state index is 12.0. The number of carbonyl (C=O) groups is 3. The van der Waals surface area contributed by atoms with Gasteiger partial charge in [-0.05, 0) is 34.9 Å². The molecule has 0 bridgehead atoms. The first-order chi connectivity index (χ1) is 12.2. The summed E-state index contributed by atoms with van der Waals surface area (Å²) in [5.74, 6) is -0.927. The predicted molar refractivity (Wildman–Crippen MR) is 103 cm³/mol. The summed E-state index contributed by atoms with van der Waals surface area (Å²) in [7, 11) is 0. The van der Waals surface area contributed by atoms with E-state index in [-0.39, 0.29) is 17.4 Å². The molecule has 7 nitrogen and oxygen atoms in total. The number of imide groups is 1. The van der Waals surface area contributed by atoms with Gasteiger partial charge in [0.2, 0.25) is 0 Å². The van der Waals surface area contributed by atoms with Gasteiger partial charge >= 0.3 is 12.0 Å². The third kappa shape index (κ3) is 6.92. The Balaban J connectivity index is 2.86. The minimum absolute atomic E-state index is 0.0132. The third-order valence-electron chi connectivity index (χ3n) is 3.92. The number of hydrogen-bond donors (Lipinski definition) is 2. The fraction of sp³-hybridized carbons (Fsp3) is 0.550. The van der Waals surface area contributed by atoms with Gasteiger partial charge in [-0.15, -0.1) is 0 Å². The highest BCUT2D eigenvalue weighted by Gasteiger charge is 2.24. The van der Waals surface area contributed by atoms with Crippen LogP contribution in [0.15, 0.2) is 18.2 Å². The summed E-state index contributed by atoms with van der Waals surface area (Å²) in [6, 6.07) is 4.90. The number of nitrogens with one attached hydrogen (secondary N) is 1. The van der Waals surface area contributed by atoms with Crippen molar-refractivity contribution in [2.24, 2.45) is 5.73 Å². The minimum atomic E-state index is -1.15. The van der Waals surface area contributed by atoms with Crippen LogP contribution in [-0.2, 0) is 25.2 Å². The normalized spacial score (nSPS) is 12.9. The number of benzene rings is 1. The molecule has 7 heteroatoms. The summed E-state index contributed by atoms with van der Waals surface area (Å²) in [4.78, 5) is 34.2. The molecule has 1 aromatic carbocycles. The molecule has 1 atom stereocenters. The van der Waals surface area contributed by atoms with Crippen LogP contribution in [0.3, 0.4) is 0 Å². The van der Waals surface area contributed by atoms with Crippen molar-refractivity contribution in [3.63, 3.8) is 0 Å². The Morgan fingerprint density at radius 3 is 2.15 bits per heavy atom. The van der Waals surface area contributed by atoms with E-state index in [0.29, 0.717) is 5.75 Å². The second-order valence-electron chi connectivity index (χ2n) is 8.49. The van der Waals surface area contributed by atoms with E-state index in [2.05, 4.69) is 47.6 Å². The van der Waals surface area contributed by atoms with Crippen molar-refractivity contribution < 1.29 is 23.9 Å². The van der Waals surface area contributed by atoms with Crippen LogP contribution < -0.4 is 15.8 Å². The zero-order valence-corrected chi connectivity index (χ0v) is 17.1. The van der Waals surface area contributed by atoms with Gasteiger partial charge in [0, 0.05) is 0 Å². The molecule has 150 valence electrons. The molecular formula is C20H30N2O5. The van der Waals surface area contributed by atoms with Crippen LogP contribution in [-0.4, -0.2) is 30.6 Å². The van der Waals surface area contributed by atoms with Crippen LogP contribution in [0.4, 0.5) is 4.79 Å². The van der Waals surface area contributed by atoms with Crippen molar-refractivity contribution in [1.82, 2.24) is 5.32 Å². The monoisotopic (exact) mass is 378 g/mol. The van der Waals surface area contributed by atoms with Gasteiger partial charge in [-0.25, -0.2) is 9.59 Å². The average molecular weight is 378 g/mol. The molecule has 3 amide bonds. The van der Waals surface area contributed by atoms with Gasteiger partial charge in [-0.1, -0.05) is 53.7 Å². The summed E-state index contributed by atoms with van der Waals surface area (Å²) in [6.07, 6.45) is -1.15. The van der Waals surface area contributed by atoms with Gasteiger partial charge < -0.3 is 15.2 Å². The lowest BCUT2D eigenvalue weighted by molar-refractivity contribution is -0.156. The van der Waals surface area contributed by atoms with Gasteiger partial charge in [0.25, 0.3) is 5.91 Å². The van der Waals surface area contributed by atoms with Crippen molar-refractivity contribution in [2.75, 3.05) is 6.61 Å². The number of carbonyl (C=O) groups excluding carboxylic acids is 3. The molecule has 0 saturated heterocycles. The van der Waals surface area contributed by atoms with E-state index < -0.39 is 24.0 Å². The first-order valence-corrected chi connectivity index (χ1v) is 8.79. The molecular weight excluding hydrogens is 348 g/mol. The van der Waals surface area contributed by atoms with Gasteiger partial charge in [0.05, 0.1) is 0 Å². The molecule has 0 radical (unpaired) electrons. The highest BCUT2D eigenvalue weighted by Crippen LogP contribution is 2.35. The SMILES string of the molecule is C[C@@H](OC(=O)COc1ccc(C(C)(C)C)cc1C(C)(C)C)C(=O)NC(N)=O. The Hall–Kier alpha value is -2.57. The highest BCUT2D eigenvalue weighted by atomic mass is 16.6. The van der Waals surface area contributed by atoms with Gasteiger partial charge in [-0.2, -0.15) is 0 Å². The molecule has 0 fully saturated rings. The van der Waals surface area contributed by atoms with Crippen molar-refractivity contribution in [3.05, 3.63) is 29.3 Å². The van der Waals surface area contributed by atoms with Crippen molar-refractivity contribution in [3.8, 4) is 5.75 Å². The summed E-state index contributed by atoms with van der Waals surface area (Å²) < 4.78 is 10.6. The highest BCUT2D eigenvalue weighted by molar-refractivity contribution is 5.96. The largest absolute Gasteiger partial charge is 0.482 e. The van der Waals surface area contributed by atoms with Gasteiger partial charge in [0.15, 0.2) is 12.7 Å². The summed E-state index contributed by atoms with van der Waals surface area (Å²) in [5, 5.41) is 1.85. The first kappa shape index (κ1) is 22.5. The number of hydrogen-bond acceptors (Lipinski definition) is 5. The minimum Gasteiger partial charge on any atom is -0.482 e. The Bertz CT molecular complexity index is 714. The zero-order valence-electron chi connectivity index (χ0n) is 17.1. The van der Waals surface area contributed by atoms with E-state index in [1.54, 1.807) is 0 Å². The van der Waals surface area contributed by atoms with Gasteiger partial charge in [-0.3, -0.25) is 10.1 Å². The lowest BCUT2D eigenvalue weighted by atomic mass is 9.80. The molecule has 0 heterocycles. The third-order valence-corrected chi connectivity index (χ3v) is 3.92. The number of nitrogens with two attached hydrogens (primary N) is 1. The molecule has 0 unspecified atom stereocenters. The zero-order chi connectivity index (χ0) is 21.0. The van der Waals surface area contributed by atoms with Crippen molar-refractivity contribution in [1.29, 1.82) is 0 Å². The van der Waals surface area contributed by atoms with E-state index in [1.807, 2.05) is 17.4 Å². The molecule has 0 spiro atoms. The van der Waals surface area contributed by atoms with Crippen molar-refractivity contribution >= 4 is 17.9 Å². The van der Waals surface area contributed by atoms with E-state index in [1.165, 1.54) is 12.5 Å². The van der Waals surface area contributed by atoms with Crippen LogP contribution >= 0.6 is 0 Å². The number of amides is 3. The maximum Gasteiger partial charge on any atom is 0.344 e. The van der Waals surface area contributed by atoms with Crippen LogP contribution in [0.1, 0.15) is 59.6 Å². The number of urea groups is 1. The van der Waals surface area contributed by atoms with Crippen LogP contribution in [0.2, 0.25) is 0 Å². The van der Waals surface area contributed by atoms with E-state index in [4.69, 9.17) is 15.2 Å². The fourth-order valence-electron chi connectivity index (χ4n) is 2.35. The molecule has 3 N–H and O–H groups in total. The molecule has 1 aromatic rings. The average Bonchev–Trinajstić information content (AvgIpc) is 2.50. The lowest BCUT2D eigenvalue weighted by Crippen LogP contribution is -2.42. The molecule has 0 saturated carbocycles. The van der Waals surface area contributed by atoms with E-state index >= 15 is 0 Å². The first-order valence-electron chi connectivity index (χ1n) is 8.79. The topological polar surface area (TPSA) is 108 Å². The molecule has 27 heavy (non-hydrogen) atoms. The van der Waals surface area contributed by atoms with E-state index in [0.717, 1.165) is 5.56 Å². The number of primary amides is 1.